The molecule has 0 radical (unpaired) electrons. The second-order valence-electron chi connectivity index (χ2n) is 6.78. The van der Waals surface area contributed by atoms with E-state index in [-0.39, 0.29) is 27.7 Å². The smallest absolute Gasteiger partial charge is 0.350 e. The number of halogens is 2. The first kappa shape index (κ1) is 21.5. The number of hydrogen-bond donors (Lipinski definition) is 0. The Morgan fingerprint density at radius 1 is 1.31 bits per heavy atom. The molecule has 2 aromatic rings. The van der Waals surface area contributed by atoms with Crippen LogP contribution in [0.25, 0.3) is 10.1 Å². The van der Waals surface area contributed by atoms with Crippen molar-refractivity contribution in [1.82, 2.24) is 4.90 Å². The molecule has 1 unspecified atom stereocenters. The Morgan fingerprint density at radius 3 is 2.66 bits per heavy atom. The van der Waals surface area contributed by atoms with Crippen LogP contribution in [0.4, 0.5) is 4.39 Å². The molecule has 1 aliphatic rings. The number of thiophene rings is 1. The maximum atomic E-state index is 13.4. The highest BCUT2D eigenvalue weighted by Gasteiger charge is 2.32. The lowest BCUT2D eigenvalue weighted by Crippen LogP contribution is -2.45. The van der Waals surface area contributed by atoms with Gasteiger partial charge in [-0.05, 0) is 44.9 Å². The van der Waals surface area contributed by atoms with Gasteiger partial charge in [-0.2, -0.15) is 0 Å². The van der Waals surface area contributed by atoms with E-state index < -0.39 is 17.9 Å². The van der Waals surface area contributed by atoms with Gasteiger partial charge >= 0.3 is 11.9 Å². The van der Waals surface area contributed by atoms with Crippen LogP contribution in [0.5, 0.6) is 0 Å². The number of ether oxygens (including phenoxy) is 2. The molecule has 1 atom stereocenters. The summed E-state index contributed by atoms with van der Waals surface area (Å²) in [6.45, 7) is 4.38. The summed E-state index contributed by atoms with van der Waals surface area (Å²) in [6, 6.07) is 4.07. The normalized spacial score (nSPS) is 15.9. The van der Waals surface area contributed by atoms with Crippen LogP contribution in [0, 0.1) is 11.7 Å². The third-order valence-corrected chi connectivity index (χ3v) is 6.47. The molecule has 9 heteroatoms. The van der Waals surface area contributed by atoms with Crippen molar-refractivity contribution in [2.45, 2.75) is 32.8 Å². The Morgan fingerprint density at radius 2 is 2.00 bits per heavy atom. The van der Waals surface area contributed by atoms with Gasteiger partial charge in [0.15, 0.2) is 6.10 Å². The SMILES string of the molecule is CCOC(=O)C1CCN(C(=O)C(C)OC(=O)c2sc3cc(F)ccc3c2Cl)CC1. The average molecular weight is 442 g/mol. The fourth-order valence-corrected chi connectivity index (χ4v) is 4.70. The van der Waals surface area contributed by atoms with E-state index in [0.717, 1.165) is 11.3 Å². The summed E-state index contributed by atoms with van der Waals surface area (Å²) >= 11 is 7.26. The summed E-state index contributed by atoms with van der Waals surface area (Å²) in [5.41, 5.74) is 0. The average Bonchev–Trinajstić information content (AvgIpc) is 3.03. The Hall–Kier alpha value is -2.19. The van der Waals surface area contributed by atoms with E-state index in [2.05, 4.69) is 0 Å². The molecule has 1 aliphatic heterocycles. The number of benzene rings is 1. The number of carbonyl (C=O) groups is 3. The predicted molar refractivity (Wildman–Crippen MR) is 108 cm³/mol. The molecule has 0 spiro atoms. The number of esters is 2. The van der Waals surface area contributed by atoms with Crippen LogP contribution in [0.3, 0.4) is 0 Å². The molecular weight excluding hydrogens is 421 g/mol. The van der Waals surface area contributed by atoms with Crippen LogP contribution in [0.1, 0.15) is 36.4 Å². The van der Waals surface area contributed by atoms with Crippen molar-refractivity contribution >= 4 is 50.9 Å². The molecule has 0 aliphatic carbocycles. The number of carbonyl (C=O) groups excluding carboxylic acids is 3. The van der Waals surface area contributed by atoms with E-state index in [1.807, 2.05) is 0 Å². The van der Waals surface area contributed by atoms with Crippen molar-refractivity contribution in [3.05, 3.63) is 33.9 Å². The fraction of sp³-hybridized carbons (Fsp3) is 0.450. The second-order valence-corrected chi connectivity index (χ2v) is 8.21. The van der Waals surface area contributed by atoms with Gasteiger partial charge in [-0.25, -0.2) is 9.18 Å². The zero-order valence-electron chi connectivity index (χ0n) is 16.1. The molecule has 3 rings (SSSR count). The van der Waals surface area contributed by atoms with Gasteiger partial charge in [-0.15, -0.1) is 11.3 Å². The first-order valence-corrected chi connectivity index (χ1v) is 10.5. The molecule has 0 saturated carbocycles. The number of likely N-dealkylation sites (tertiary alicyclic amines) is 1. The minimum atomic E-state index is -1.00. The van der Waals surface area contributed by atoms with Crippen molar-refractivity contribution in [2.24, 2.45) is 5.92 Å². The Balaban J connectivity index is 1.61. The minimum absolute atomic E-state index is 0.132. The van der Waals surface area contributed by atoms with E-state index in [1.165, 1.54) is 25.1 Å². The van der Waals surface area contributed by atoms with Crippen molar-refractivity contribution in [3.63, 3.8) is 0 Å². The van der Waals surface area contributed by atoms with Gasteiger partial charge in [0.1, 0.15) is 10.7 Å². The van der Waals surface area contributed by atoms with Crippen LogP contribution >= 0.6 is 22.9 Å². The first-order chi connectivity index (χ1) is 13.8. The predicted octanol–water partition coefficient (Wildman–Crippen LogP) is 4.04. The first-order valence-electron chi connectivity index (χ1n) is 9.35. The maximum absolute atomic E-state index is 13.4. The quantitative estimate of drug-likeness (QED) is 0.655. The molecule has 1 amide bonds. The largest absolute Gasteiger partial charge is 0.466 e. The van der Waals surface area contributed by atoms with Crippen molar-refractivity contribution < 1.29 is 28.2 Å². The van der Waals surface area contributed by atoms with Crippen LogP contribution in [-0.4, -0.2) is 48.5 Å². The summed E-state index contributed by atoms with van der Waals surface area (Å²) in [5.74, 6) is -1.93. The second kappa shape index (κ2) is 9.09. The van der Waals surface area contributed by atoms with Gasteiger partial charge < -0.3 is 14.4 Å². The molecule has 29 heavy (non-hydrogen) atoms. The summed E-state index contributed by atoms with van der Waals surface area (Å²) in [5, 5.41) is 0.745. The van der Waals surface area contributed by atoms with E-state index in [9.17, 15) is 18.8 Å². The lowest BCUT2D eigenvalue weighted by Gasteiger charge is -2.32. The number of rotatable bonds is 5. The van der Waals surface area contributed by atoms with Gasteiger partial charge in [-0.3, -0.25) is 9.59 Å². The van der Waals surface area contributed by atoms with Gasteiger partial charge in [-0.1, -0.05) is 11.6 Å². The van der Waals surface area contributed by atoms with E-state index >= 15 is 0 Å². The maximum Gasteiger partial charge on any atom is 0.350 e. The molecule has 1 aromatic carbocycles. The monoisotopic (exact) mass is 441 g/mol. The fourth-order valence-electron chi connectivity index (χ4n) is 3.29. The Labute approximate surface area is 176 Å². The highest BCUT2D eigenvalue weighted by Crippen LogP contribution is 2.36. The van der Waals surface area contributed by atoms with E-state index in [4.69, 9.17) is 21.1 Å². The van der Waals surface area contributed by atoms with Gasteiger partial charge in [0.25, 0.3) is 5.91 Å². The molecular formula is C20H21ClFNO5S. The standard InChI is InChI=1S/C20H21ClFNO5S/c1-3-27-19(25)12-6-8-23(9-7-12)18(24)11(2)28-20(26)17-16(21)14-5-4-13(22)10-15(14)29-17/h4-5,10-12H,3,6-9H2,1-2H3. The zero-order chi connectivity index (χ0) is 21.1. The summed E-state index contributed by atoms with van der Waals surface area (Å²) in [7, 11) is 0. The highest BCUT2D eigenvalue weighted by atomic mass is 35.5. The molecule has 0 N–H and O–H groups in total. The summed E-state index contributed by atoms with van der Waals surface area (Å²) in [6.07, 6.45) is 0.0254. The molecule has 6 nitrogen and oxygen atoms in total. The van der Waals surface area contributed by atoms with Gasteiger partial charge in [0, 0.05) is 23.2 Å². The number of fused-ring (bicyclic) bond motifs is 1. The van der Waals surface area contributed by atoms with Gasteiger partial charge in [0.05, 0.1) is 17.5 Å². The highest BCUT2D eigenvalue weighted by molar-refractivity contribution is 7.21. The van der Waals surface area contributed by atoms with Crippen LogP contribution < -0.4 is 0 Å². The third kappa shape index (κ3) is 4.70. The summed E-state index contributed by atoms with van der Waals surface area (Å²) < 4.78 is 24.3. The van der Waals surface area contributed by atoms with E-state index in [0.29, 0.717) is 42.6 Å². The summed E-state index contributed by atoms with van der Waals surface area (Å²) in [4.78, 5) is 38.7. The number of hydrogen-bond acceptors (Lipinski definition) is 6. The molecule has 1 fully saturated rings. The zero-order valence-corrected chi connectivity index (χ0v) is 17.6. The lowest BCUT2D eigenvalue weighted by atomic mass is 9.97. The molecule has 1 saturated heterocycles. The molecule has 1 aromatic heterocycles. The van der Waals surface area contributed by atoms with E-state index in [1.54, 1.807) is 11.8 Å². The van der Waals surface area contributed by atoms with Crippen LogP contribution in [0.2, 0.25) is 5.02 Å². The number of amides is 1. The molecule has 156 valence electrons. The van der Waals surface area contributed by atoms with Crippen LogP contribution in [-0.2, 0) is 19.1 Å². The topological polar surface area (TPSA) is 72.9 Å². The number of nitrogens with zero attached hydrogens (tertiary/aromatic N) is 1. The van der Waals surface area contributed by atoms with Crippen LogP contribution in [0.15, 0.2) is 18.2 Å². The number of piperidine rings is 1. The Bertz CT molecular complexity index is 938. The van der Waals surface area contributed by atoms with Crippen molar-refractivity contribution in [2.75, 3.05) is 19.7 Å². The third-order valence-electron chi connectivity index (χ3n) is 4.84. The Kier molecular flexibility index (Phi) is 6.74. The van der Waals surface area contributed by atoms with Crippen molar-refractivity contribution in [3.8, 4) is 0 Å². The molecule has 0 bridgehead atoms. The minimum Gasteiger partial charge on any atom is -0.466 e. The molecule has 2 heterocycles. The lowest BCUT2D eigenvalue weighted by molar-refractivity contribution is -0.152. The van der Waals surface area contributed by atoms with Gasteiger partial charge in [0.2, 0.25) is 0 Å². The van der Waals surface area contributed by atoms with Crippen molar-refractivity contribution in [1.29, 1.82) is 0 Å².